The number of rotatable bonds is 7. The smallest absolute Gasteiger partial charge is 0.220 e. The van der Waals surface area contributed by atoms with Gasteiger partial charge in [0, 0.05) is 17.7 Å². The van der Waals surface area contributed by atoms with Gasteiger partial charge in [-0.15, -0.1) is 0 Å². The van der Waals surface area contributed by atoms with E-state index >= 15 is 0 Å². The van der Waals surface area contributed by atoms with Gasteiger partial charge in [0.25, 0.3) is 0 Å². The number of hydrogen-bond acceptors (Lipinski definition) is 3. The fourth-order valence-corrected chi connectivity index (χ4v) is 3.19. The number of carbonyl (C=O) groups excluding carboxylic acids is 1. The van der Waals surface area contributed by atoms with E-state index in [0.29, 0.717) is 18.4 Å². The van der Waals surface area contributed by atoms with E-state index in [1.165, 1.54) is 6.42 Å². The van der Waals surface area contributed by atoms with Crippen LogP contribution in [0, 0.1) is 5.92 Å². The van der Waals surface area contributed by atoms with Gasteiger partial charge in [0.05, 0.1) is 0 Å². The van der Waals surface area contributed by atoms with Gasteiger partial charge in [-0.1, -0.05) is 6.92 Å². The summed E-state index contributed by atoms with van der Waals surface area (Å²) in [7, 11) is 0. The summed E-state index contributed by atoms with van der Waals surface area (Å²) >= 11 is 1.92. The molecule has 0 aliphatic heterocycles. The third kappa shape index (κ3) is 5.77. The van der Waals surface area contributed by atoms with E-state index in [1.807, 2.05) is 11.8 Å². The van der Waals surface area contributed by atoms with Crippen LogP contribution in [0.4, 0.5) is 0 Å². The lowest BCUT2D eigenvalue weighted by molar-refractivity contribution is -0.122. The lowest BCUT2D eigenvalue weighted by Crippen LogP contribution is -2.33. The maximum absolute atomic E-state index is 11.8. The second-order valence-electron chi connectivity index (χ2n) is 5.16. The van der Waals surface area contributed by atoms with Gasteiger partial charge in [-0.3, -0.25) is 4.79 Å². The molecule has 4 heteroatoms. The maximum Gasteiger partial charge on any atom is 0.220 e. The van der Waals surface area contributed by atoms with Crippen molar-refractivity contribution in [1.82, 2.24) is 5.32 Å². The van der Waals surface area contributed by atoms with Crippen LogP contribution in [0.5, 0.6) is 0 Å². The Morgan fingerprint density at radius 3 is 2.82 bits per heavy atom. The average Bonchev–Trinajstić information content (AvgIpc) is 2.74. The summed E-state index contributed by atoms with van der Waals surface area (Å²) in [5, 5.41) is 3.90. The topological polar surface area (TPSA) is 55.1 Å². The molecule has 3 nitrogen and oxygen atoms in total. The molecule has 0 saturated heterocycles. The Balaban J connectivity index is 2.13. The van der Waals surface area contributed by atoms with E-state index in [9.17, 15) is 4.79 Å². The predicted octanol–water partition coefficient (Wildman–Crippen LogP) is 2.15. The first-order valence-corrected chi connectivity index (χ1v) is 7.96. The molecule has 1 aliphatic rings. The summed E-state index contributed by atoms with van der Waals surface area (Å²) in [5.41, 5.74) is 5.50. The highest BCUT2D eigenvalue weighted by Crippen LogP contribution is 2.28. The molecule has 0 aromatic carbocycles. The second kappa shape index (κ2) is 7.98. The standard InChI is InChI=1S/C13H26N2OS/c1-10(7-8-14)3-6-13(16)15-11-4-5-12(9-11)17-2/h10-12H,3-9,14H2,1-2H3,(H,15,16). The van der Waals surface area contributed by atoms with Gasteiger partial charge >= 0.3 is 0 Å². The van der Waals surface area contributed by atoms with Crippen LogP contribution in [-0.2, 0) is 4.79 Å². The Morgan fingerprint density at radius 1 is 1.47 bits per heavy atom. The van der Waals surface area contributed by atoms with Crippen molar-refractivity contribution >= 4 is 17.7 Å². The van der Waals surface area contributed by atoms with Crippen molar-refractivity contribution in [3.63, 3.8) is 0 Å². The van der Waals surface area contributed by atoms with Gasteiger partial charge in [-0.2, -0.15) is 11.8 Å². The Hall–Kier alpha value is -0.220. The Kier molecular flexibility index (Phi) is 6.97. The van der Waals surface area contributed by atoms with E-state index in [1.54, 1.807) is 0 Å². The fourth-order valence-electron chi connectivity index (χ4n) is 2.39. The molecule has 3 unspecified atom stereocenters. The van der Waals surface area contributed by atoms with Crippen molar-refractivity contribution in [1.29, 1.82) is 0 Å². The highest BCUT2D eigenvalue weighted by Gasteiger charge is 2.24. The Bertz CT molecular complexity index is 235. The van der Waals surface area contributed by atoms with Crippen LogP contribution < -0.4 is 11.1 Å². The van der Waals surface area contributed by atoms with Crippen molar-refractivity contribution in [2.75, 3.05) is 12.8 Å². The van der Waals surface area contributed by atoms with Crippen LogP contribution in [0.15, 0.2) is 0 Å². The first-order valence-electron chi connectivity index (χ1n) is 6.68. The number of carbonyl (C=O) groups is 1. The van der Waals surface area contributed by atoms with E-state index in [0.717, 1.165) is 37.5 Å². The Morgan fingerprint density at radius 2 is 2.24 bits per heavy atom. The molecular formula is C13H26N2OS. The molecule has 100 valence electrons. The van der Waals surface area contributed by atoms with Crippen molar-refractivity contribution in [3.05, 3.63) is 0 Å². The lowest BCUT2D eigenvalue weighted by atomic mass is 10.0. The molecule has 0 bridgehead atoms. The number of thioether (sulfide) groups is 1. The van der Waals surface area contributed by atoms with Gasteiger partial charge in [0.2, 0.25) is 5.91 Å². The highest BCUT2D eigenvalue weighted by atomic mass is 32.2. The van der Waals surface area contributed by atoms with Crippen molar-refractivity contribution in [2.24, 2.45) is 11.7 Å². The van der Waals surface area contributed by atoms with Gasteiger partial charge in [0.1, 0.15) is 0 Å². The van der Waals surface area contributed by atoms with Gasteiger partial charge in [-0.05, 0) is 50.8 Å². The van der Waals surface area contributed by atoms with E-state index in [4.69, 9.17) is 5.73 Å². The second-order valence-corrected chi connectivity index (χ2v) is 6.29. The van der Waals surface area contributed by atoms with Crippen LogP contribution in [0.25, 0.3) is 0 Å². The minimum absolute atomic E-state index is 0.223. The molecule has 0 aromatic rings. The van der Waals surface area contributed by atoms with Gasteiger partial charge in [0.15, 0.2) is 0 Å². The summed E-state index contributed by atoms with van der Waals surface area (Å²) in [5.74, 6) is 0.786. The minimum Gasteiger partial charge on any atom is -0.353 e. The zero-order chi connectivity index (χ0) is 12.7. The van der Waals surface area contributed by atoms with Gasteiger partial charge in [-0.25, -0.2) is 0 Å². The molecular weight excluding hydrogens is 232 g/mol. The number of amides is 1. The zero-order valence-corrected chi connectivity index (χ0v) is 11.9. The Labute approximate surface area is 109 Å². The molecule has 1 aliphatic carbocycles. The van der Waals surface area contributed by atoms with Crippen LogP contribution in [0.2, 0.25) is 0 Å². The summed E-state index contributed by atoms with van der Waals surface area (Å²) < 4.78 is 0. The van der Waals surface area contributed by atoms with Crippen molar-refractivity contribution < 1.29 is 4.79 Å². The zero-order valence-electron chi connectivity index (χ0n) is 11.1. The molecule has 1 saturated carbocycles. The first-order chi connectivity index (χ1) is 8.15. The molecule has 0 heterocycles. The molecule has 0 spiro atoms. The number of nitrogens with one attached hydrogen (secondary N) is 1. The molecule has 0 radical (unpaired) electrons. The summed E-state index contributed by atoms with van der Waals surface area (Å²) in [6.07, 6.45) is 8.33. The number of hydrogen-bond donors (Lipinski definition) is 2. The number of nitrogens with two attached hydrogens (primary N) is 1. The summed E-state index contributed by atoms with van der Waals surface area (Å²) in [6, 6.07) is 0.421. The van der Waals surface area contributed by atoms with Crippen molar-refractivity contribution in [3.8, 4) is 0 Å². The molecule has 0 aromatic heterocycles. The van der Waals surface area contributed by atoms with E-state index in [2.05, 4.69) is 18.5 Å². The first kappa shape index (κ1) is 14.8. The van der Waals surface area contributed by atoms with Crippen LogP contribution in [-0.4, -0.2) is 30.0 Å². The van der Waals surface area contributed by atoms with Crippen LogP contribution >= 0.6 is 11.8 Å². The predicted molar refractivity (Wildman–Crippen MR) is 75.2 cm³/mol. The monoisotopic (exact) mass is 258 g/mol. The summed E-state index contributed by atoms with van der Waals surface area (Å²) in [6.45, 7) is 2.89. The van der Waals surface area contributed by atoms with Gasteiger partial charge < -0.3 is 11.1 Å². The quantitative estimate of drug-likeness (QED) is 0.735. The van der Waals surface area contributed by atoms with Crippen LogP contribution in [0.3, 0.4) is 0 Å². The van der Waals surface area contributed by atoms with Crippen LogP contribution in [0.1, 0.15) is 45.4 Å². The molecule has 1 amide bonds. The molecule has 1 rings (SSSR count). The highest BCUT2D eigenvalue weighted by molar-refractivity contribution is 7.99. The molecule has 1 fully saturated rings. The molecule has 17 heavy (non-hydrogen) atoms. The fraction of sp³-hybridized carbons (Fsp3) is 0.923. The van der Waals surface area contributed by atoms with Crippen molar-refractivity contribution in [2.45, 2.75) is 56.7 Å². The average molecular weight is 258 g/mol. The maximum atomic E-state index is 11.8. The summed E-state index contributed by atoms with van der Waals surface area (Å²) in [4.78, 5) is 11.8. The lowest BCUT2D eigenvalue weighted by Gasteiger charge is -2.14. The SMILES string of the molecule is CSC1CCC(NC(=O)CCC(C)CCN)C1. The van der Waals surface area contributed by atoms with E-state index < -0.39 is 0 Å². The third-order valence-corrected chi connectivity index (χ3v) is 4.70. The molecule has 3 N–H and O–H groups in total. The normalized spacial score (nSPS) is 25.8. The minimum atomic E-state index is 0.223. The van der Waals surface area contributed by atoms with E-state index in [-0.39, 0.29) is 5.91 Å². The third-order valence-electron chi connectivity index (χ3n) is 3.61. The largest absolute Gasteiger partial charge is 0.353 e. The molecule has 3 atom stereocenters.